The summed E-state index contributed by atoms with van der Waals surface area (Å²) in [4.78, 5) is 37.6. The van der Waals surface area contributed by atoms with E-state index in [0.717, 1.165) is 38.5 Å². The minimum atomic E-state index is -2.02. The minimum absolute atomic E-state index is 0.0416. The summed E-state index contributed by atoms with van der Waals surface area (Å²) in [6.07, 6.45) is 9.92. The number of carbonyl (C=O) groups is 3. The van der Waals surface area contributed by atoms with Crippen molar-refractivity contribution in [1.29, 1.82) is 0 Å². The van der Waals surface area contributed by atoms with Crippen LogP contribution in [-0.4, -0.2) is 37.7 Å². The number of hydrogen-bond donors (Lipinski definition) is 0. The van der Waals surface area contributed by atoms with E-state index in [1.807, 2.05) is 6.08 Å². The predicted octanol–water partition coefficient (Wildman–Crippen LogP) is 4.36. The van der Waals surface area contributed by atoms with Crippen LogP contribution in [0.15, 0.2) is 12.7 Å². The number of allylic oxidation sites excluding steroid dienone is 1. The van der Waals surface area contributed by atoms with Gasteiger partial charge in [-0.15, -0.1) is 6.58 Å². The van der Waals surface area contributed by atoms with E-state index in [4.69, 9.17) is 14.2 Å². The van der Waals surface area contributed by atoms with E-state index in [-0.39, 0.29) is 26.2 Å². The maximum Gasteiger partial charge on any atom is 0.335 e. The van der Waals surface area contributed by atoms with Crippen LogP contribution in [0.1, 0.15) is 78.6 Å². The van der Waals surface area contributed by atoms with Gasteiger partial charge < -0.3 is 14.2 Å². The molecule has 0 aliphatic heterocycles. The highest BCUT2D eigenvalue weighted by atomic mass is 16.6. The van der Waals surface area contributed by atoms with Crippen LogP contribution < -0.4 is 0 Å². The zero-order valence-corrected chi connectivity index (χ0v) is 17.2. The Kier molecular flexibility index (Phi) is 14.2. The Bertz CT molecular complexity index is 412. The van der Waals surface area contributed by atoms with Crippen molar-refractivity contribution in [3.05, 3.63) is 12.7 Å². The van der Waals surface area contributed by atoms with Crippen LogP contribution in [0.25, 0.3) is 0 Å². The van der Waals surface area contributed by atoms with E-state index < -0.39 is 23.3 Å². The largest absolute Gasteiger partial charge is 0.465 e. The highest BCUT2D eigenvalue weighted by molar-refractivity contribution is 6.17. The lowest BCUT2D eigenvalue weighted by molar-refractivity contribution is -0.184. The fraction of sp³-hybridized carbons (Fsp3) is 0.762. The van der Waals surface area contributed by atoms with Crippen LogP contribution in [0.4, 0.5) is 0 Å². The fourth-order valence-electron chi connectivity index (χ4n) is 2.88. The molecule has 0 bridgehead atoms. The molecule has 0 atom stereocenters. The summed E-state index contributed by atoms with van der Waals surface area (Å²) in [7, 11) is 0. The highest BCUT2D eigenvalue weighted by Crippen LogP contribution is 2.31. The van der Waals surface area contributed by atoms with Crippen LogP contribution in [0.5, 0.6) is 0 Å². The molecule has 0 rings (SSSR count). The fourth-order valence-corrected chi connectivity index (χ4v) is 2.88. The molecule has 0 saturated heterocycles. The first-order valence-electron chi connectivity index (χ1n) is 10.1. The van der Waals surface area contributed by atoms with Crippen molar-refractivity contribution in [2.24, 2.45) is 5.41 Å². The molecule has 0 aromatic rings. The van der Waals surface area contributed by atoms with E-state index in [9.17, 15) is 14.4 Å². The van der Waals surface area contributed by atoms with Gasteiger partial charge in [0.15, 0.2) is 0 Å². The molecular formula is C21H36O6. The van der Waals surface area contributed by atoms with Gasteiger partial charge in [-0.05, 0) is 40.0 Å². The Morgan fingerprint density at radius 3 is 1.44 bits per heavy atom. The predicted molar refractivity (Wildman–Crippen MR) is 104 cm³/mol. The van der Waals surface area contributed by atoms with Crippen molar-refractivity contribution in [2.45, 2.75) is 78.6 Å². The highest BCUT2D eigenvalue weighted by Gasteiger charge is 2.56. The first kappa shape index (κ1) is 25.1. The van der Waals surface area contributed by atoms with Crippen molar-refractivity contribution < 1.29 is 28.6 Å². The van der Waals surface area contributed by atoms with Gasteiger partial charge in [-0.25, -0.2) is 0 Å². The van der Waals surface area contributed by atoms with Gasteiger partial charge in [0, 0.05) is 0 Å². The number of rotatable bonds is 16. The zero-order chi connectivity index (χ0) is 20.5. The smallest absolute Gasteiger partial charge is 0.335 e. The Balaban J connectivity index is 4.86. The molecule has 0 aliphatic rings. The molecule has 0 aromatic heterocycles. The average Bonchev–Trinajstić information content (AvgIpc) is 2.64. The molecule has 0 unspecified atom stereocenters. The molecule has 6 heteroatoms. The van der Waals surface area contributed by atoms with Crippen LogP contribution in [-0.2, 0) is 28.6 Å². The van der Waals surface area contributed by atoms with E-state index in [1.165, 1.54) is 6.42 Å². The second kappa shape index (κ2) is 15.2. The lowest BCUT2D eigenvalue weighted by Crippen LogP contribution is -2.49. The van der Waals surface area contributed by atoms with Gasteiger partial charge in [0.25, 0.3) is 5.41 Å². The van der Waals surface area contributed by atoms with Gasteiger partial charge in [-0.1, -0.05) is 44.6 Å². The summed E-state index contributed by atoms with van der Waals surface area (Å²) in [6.45, 7) is 8.82. The van der Waals surface area contributed by atoms with Crippen LogP contribution in [0.2, 0.25) is 0 Å². The molecular weight excluding hydrogens is 348 g/mol. The van der Waals surface area contributed by atoms with Crippen molar-refractivity contribution in [3.63, 3.8) is 0 Å². The van der Waals surface area contributed by atoms with Crippen molar-refractivity contribution in [1.82, 2.24) is 0 Å². The Labute approximate surface area is 163 Å². The summed E-state index contributed by atoms with van der Waals surface area (Å²) in [5.74, 6) is -2.65. The molecule has 0 spiro atoms. The third-order valence-electron chi connectivity index (χ3n) is 4.33. The van der Waals surface area contributed by atoms with Gasteiger partial charge in [0.1, 0.15) is 0 Å². The number of esters is 3. The summed E-state index contributed by atoms with van der Waals surface area (Å²) >= 11 is 0. The van der Waals surface area contributed by atoms with Crippen LogP contribution in [0.3, 0.4) is 0 Å². The molecule has 0 aliphatic carbocycles. The van der Waals surface area contributed by atoms with Gasteiger partial charge in [0.05, 0.1) is 19.8 Å². The molecule has 0 fully saturated rings. The van der Waals surface area contributed by atoms with Gasteiger partial charge in [-0.3, -0.25) is 14.4 Å². The minimum Gasteiger partial charge on any atom is -0.465 e. The lowest BCUT2D eigenvalue weighted by Gasteiger charge is -2.27. The summed E-state index contributed by atoms with van der Waals surface area (Å²) in [5, 5.41) is 0. The summed E-state index contributed by atoms with van der Waals surface area (Å²) in [5.41, 5.74) is -2.02. The molecule has 0 saturated carbocycles. The Hall–Kier alpha value is -1.85. The van der Waals surface area contributed by atoms with Gasteiger partial charge in [0.2, 0.25) is 0 Å². The van der Waals surface area contributed by atoms with Crippen LogP contribution in [0, 0.1) is 5.41 Å². The molecule has 0 radical (unpaired) electrons. The van der Waals surface area contributed by atoms with E-state index >= 15 is 0 Å². The summed E-state index contributed by atoms with van der Waals surface area (Å²) in [6, 6.07) is 0. The third kappa shape index (κ3) is 8.59. The van der Waals surface area contributed by atoms with Crippen LogP contribution >= 0.6 is 0 Å². The SMILES string of the molecule is C=CCCCCCCCCCC(C(=O)OCC)(C(=O)OCC)C(=O)OCC. The topological polar surface area (TPSA) is 78.9 Å². The maximum atomic E-state index is 12.5. The van der Waals surface area contributed by atoms with Crippen molar-refractivity contribution >= 4 is 17.9 Å². The molecule has 156 valence electrons. The molecule has 27 heavy (non-hydrogen) atoms. The number of carbonyl (C=O) groups excluding carboxylic acids is 3. The molecule has 0 aromatic carbocycles. The molecule has 0 N–H and O–H groups in total. The molecule has 6 nitrogen and oxygen atoms in total. The second-order valence-corrected chi connectivity index (χ2v) is 6.37. The first-order valence-corrected chi connectivity index (χ1v) is 10.1. The van der Waals surface area contributed by atoms with Gasteiger partial charge >= 0.3 is 17.9 Å². The van der Waals surface area contributed by atoms with E-state index in [0.29, 0.717) is 6.42 Å². The number of hydrogen-bond acceptors (Lipinski definition) is 6. The lowest BCUT2D eigenvalue weighted by atomic mass is 9.82. The van der Waals surface area contributed by atoms with Crippen molar-refractivity contribution in [2.75, 3.05) is 19.8 Å². The average molecular weight is 385 g/mol. The molecule has 0 amide bonds. The van der Waals surface area contributed by atoms with Gasteiger partial charge in [-0.2, -0.15) is 0 Å². The quantitative estimate of drug-likeness (QED) is 0.129. The number of unbranched alkanes of at least 4 members (excludes halogenated alkanes) is 7. The second-order valence-electron chi connectivity index (χ2n) is 6.37. The van der Waals surface area contributed by atoms with E-state index in [1.54, 1.807) is 20.8 Å². The summed E-state index contributed by atoms with van der Waals surface area (Å²) < 4.78 is 15.1. The normalized spacial score (nSPS) is 10.9. The Morgan fingerprint density at radius 2 is 1.07 bits per heavy atom. The Morgan fingerprint density at radius 1 is 0.704 bits per heavy atom. The van der Waals surface area contributed by atoms with Crippen molar-refractivity contribution in [3.8, 4) is 0 Å². The standard InChI is InChI=1S/C21H36O6/c1-5-9-10-11-12-13-14-15-16-17-21(18(22)25-6-2,19(23)26-7-3)20(24)27-8-4/h5H,1,6-17H2,2-4H3. The molecule has 0 heterocycles. The third-order valence-corrected chi connectivity index (χ3v) is 4.33. The first-order chi connectivity index (χ1) is 13.0. The van der Waals surface area contributed by atoms with E-state index in [2.05, 4.69) is 6.58 Å². The number of ether oxygens (including phenoxy) is 3. The zero-order valence-electron chi connectivity index (χ0n) is 17.2. The monoisotopic (exact) mass is 384 g/mol. The maximum absolute atomic E-state index is 12.5.